The molecule has 1 aliphatic heterocycles. The number of hydrogen-bond acceptors (Lipinski definition) is 2. The van der Waals surface area contributed by atoms with Crippen molar-refractivity contribution in [3.05, 3.63) is 24.0 Å². The molecule has 0 bridgehead atoms. The van der Waals surface area contributed by atoms with Gasteiger partial charge in [0.2, 0.25) is 0 Å². The van der Waals surface area contributed by atoms with Gasteiger partial charge in [-0.15, -0.1) is 0 Å². The van der Waals surface area contributed by atoms with E-state index in [1.807, 2.05) is 29.9 Å². The van der Waals surface area contributed by atoms with Crippen LogP contribution in [0.2, 0.25) is 0 Å². The third kappa shape index (κ3) is 2.66. The van der Waals surface area contributed by atoms with Gasteiger partial charge in [0, 0.05) is 25.8 Å². The minimum Gasteiger partial charge on any atom is -0.348 e. The number of ketones is 1. The summed E-state index contributed by atoms with van der Waals surface area (Å²) in [5.41, 5.74) is 0.813. The van der Waals surface area contributed by atoms with E-state index in [1.165, 1.54) is 6.42 Å². The fourth-order valence-corrected chi connectivity index (χ4v) is 3.06. The number of nitrogens with zero attached hydrogens (tertiary/aromatic N) is 2. The van der Waals surface area contributed by atoms with Gasteiger partial charge >= 0.3 is 0 Å². The Bertz CT molecular complexity index is 424. The Hall–Kier alpha value is -1.09. The first-order chi connectivity index (χ1) is 8.49. The van der Waals surface area contributed by atoms with Gasteiger partial charge in [0.1, 0.15) is 0 Å². The van der Waals surface area contributed by atoms with E-state index >= 15 is 0 Å². The van der Waals surface area contributed by atoms with Crippen LogP contribution in [0.15, 0.2) is 18.3 Å². The zero-order valence-electron chi connectivity index (χ0n) is 11.9. The van der Waals surface area contributed by atoms with E-state index in [1.54, 1.807) is 0 Å². The molecule has 0 aromatic carbocycles. The van der Waals surface area contributed by atoms with Gasteiger partial charge in [-0.1, -0.05) is 13.8 Å². The molecule has 3 heteroatoms. The zero-order chi connectivity index (χ0) is 13.3. The quantitative estimate of drug-likeness (QED) is 0.768. The molecular weight excluding hydrogens is 224 g/mol. The summed E-state index contributed by atoms with van der Waals surface area (Å²) in [6.45, 7) is 8.41. The minimum absolute atomic E-state index is 0.232. The Morgan fingerprint density at radius 3 is 2.72 bits per heavy atom. The van der Waals surface area contributed by atoms with Crippen molar-refractivity contribution >= 4 is 5.78 Å². The molecule has 3 unspecified atom stereocenters. The number of aryl methyl sites for hydroxylation is 1. The molecule has 2 rings (SSSR count). The maximum atomic E-state index is 12.3. The van der Waals surface area contributed by atoms with Crippen LogP contribution in [0.5, 0.6) is 0 Å². The first-order valence-corrected chi connectivity index (χ1v) is 6.87. The summed E-state index contributed by atoms with van der Waals surface area (Å²) in [5.74, 6) is 1.60. The van der Waals surface area contributed by atoms with E-state index in [0.29, 0.717) is 24.4 Å². The average Bonchev–Trinajstić information content (AvgIpc) is 2.71. The highest BCUT2D eigenvalue weighted by molar-refractivity contribution is 5.96. The standard InChI is InChI=1S/C15H24N2O/c1-11-8-12(2)13(3)17(9-11)10-15(18)14-6-5-7-16(14)4/h5-7,11-13H,8-10H2,1-4H3. The summed E-state index contributed by atoms with van der Waals surface area (Å²) < 4.78 is 1.91. The van der Waals surface area contributed by atoms with Crippen molar-refractivity contribution in [1.29, 1.82) is 0 Å². The molecule has 0 saturated carbocycles. The average molecular weight is 248 g/mol. The van der Waals surface area contributed by atoms with Crippen LogP contribution in [-0.2, 0) is 7.05 Å². The van der Waals surface area contributed by atoms with Crippen LogP contribution in [0.25, 0.3) is 0 Å². The number of Topliss-reactive ketones (excluding diaryl/α,β-unsaturated/α-hetero) is 1. The van der Waals surface area contributed by atoms with Crippen molar-refractivity contribution in [2.24, 2.45) is 18.9 Å². The van der Waals surface area contributed by atoms with E-state index in [-0.39, 0.29) is 5.78 Å². The molecule has 0 aliphatic carbocycles. The lowest BCUT2D eigenvalue weighted by molar-refractivity contribution is 0.0644. The smallest absolute Gasteiger partial charge is 0.193 e. The third-order valence-electron chi connectivity index (χ3n) is 4.30. The molecule has 1 aromatic rings. The highest BCUT2D eigenvalue weighted by atomic mass is 16.1. The molecule has 1 aliphatic rings. The van der Waals surface area contributed by atoms with E-state index in [9.17, 15) is 4.79 Å². The summed E-state index contributed by atoms with van der Waals surface area (Å²) in [6.07, 6.45) is 3.20. The molecule has 2 heterocycles. The molecule has 0 N–H and O–H groups in total. The van der Waals surface area contributed by atoms with Gasteiger partial charge in [0.15, 0.2) is 5.78 Å². The van der Waals surface area contributed by atoms with Crippen molar-refractivity contribution in [3.63, 3.8) is 0 Å². The normalized spacial score (nSPS) is 29.4. The number of carbonyl (C=O) groups is 1. The lowest BCUT2D eigenvalue weighted by Gasteiger charge is -2.40. The second-order valence-corrected chi connectivity index (χ2v) is 5.92. The highest BCUT2D eigenvalue weighted by Gasteiger charge is 2.30. The Morgan fingerprint density at radius 1 is 1.39 bits per heavy atom. The SMILES string of the molecule is CC1CC(C)C(C)N(CC(=O)c2cccn2C)C1. The second-order valence-electron chi connectivity index (χ2n) is 5.92. The largest absolute Gasteiger partial charge is 0.348 e. The lowest BCUT2D eigenvalue weighted by atomic mass is 9.86. The Kier molecular flexibility index (Phi) is 3.91. The summed E-state index contributed by atoms with van der Waals surface area (Å²) in [4.78, 5) is 14.6. The number of hydrogen-bond donors (Lipinski definition) is 0. The van der Waals surface area contributed by atoms with Crippen LogP contribution < -0.4 is 0 Å². The first-order valence-electron chi connectivity index (χ1n) is 6.87. The summed E-state index contributed by atoms with van der Waals surface area (Å²) in [6, 6.07) is 4.34. The van der Waals surface area contributed by atoms with Crippen molar-refractivity contribution < 1.29 is 4.79 Å². The summed E-state index contributed by atoms with van der Waals surface area (Å²) in [5, 5.41) is 0. The summed E-state index contributed by atoms with van der Waals surface area (Å²) in [7, 11) is 1.93. The highest BCUT2D eigenvalue weighted by Crippen LogP contribution is 2.26. The predicted octanol–water partition coefficient (Wildman–Crippen LogP) is 2.57. The number of likely N-dealkylation sites (tertiary alicyclic amines) is 1. The van der Waals surface area contributed by atoms with Gasteiger partial charge in [-0.2, -0.15) is 0 Å². The molecule has 1 aromatic heterocycles. The Labute approximate surface area is 110 Å². The number of rotatable bonds is 3. The molecular formula is C15H24N2O. The molecule has 0 radical (unpaired) electrons. The van der Waals surface area contributed by atoms with Crippen LogP contribution in [-0.4, -0.2) is 34.4 Å². The lowest BCUT2D eigenvalue weighted by Crippen LogP contribution is -2.47. The van der Waals surface area contributed by atoms with Gasteiger partial charge in [-0.3, -0.25) is 9.69 Å². The van der Waals surface area contributed by atoms with Gasteiger partial charge < -0.3 is 4.57 Å². The van der Waals surface area contributed by atoms with Crippen LogP contribution >= 0.6 is 0 Å². The third-order valence-corrected chi connectivity index (χ3v) is 4.30. The van der Waals surface area contributed by atoms with E-state index < -0.39 is 0 Å². The molecule has 3 nitrogen and oxygen atoms in total. The molecule has 18 heavy (non-hydrogen) atoms. The van der Waals surface area contributed by atoms with Gasteiger partial charge in [-0.25, -0.2) is 0 Å². The maximum absolute atomic E-state index is 12.3. The Morgan fingerprint density at radius 2 is 2.11 bits per heavy atom. The fourth-order valence-electron chi connectivity index (χ4n) is 3.06. The molecule has 100 valence electrons. The number of piperidine rings is 1. The zero-order valence-corrected chi connectivity index (χ0v) is 11.9. The molecule has 3 atom stereocenters. The van der Waals surface area contributed by atoms with Crippen LogP contribution in [0.3, 0.4) is 0 Å². The van der Waals surface area contributed by atoms with E-state index in [0.717, 1.165) is 12.2 Å². The summed E-state index contributed by atoms with van der Waals surface area (Å²) >= 11 is 0. The number of carbonyl (C=O) groups excluding carboxylic acids is 1. The number of aromatic nitrogens is 1. The maximum Gasteiger partial charge on any atom is 0.193 e. The predicted molar refractivity (Wildman–Crippen MR) is 73.7 cm³/mol. The van der Waals surface area contributed by atoms with Crippen molar-refractivity contribution in [2.45, 2.75) is 33.2 Å². The second kappa shape index (κ2) is 5.27. The monoisotopic (exact) mass is 248 g/mol. The van der Waals surface area contributed by atoms with E-state index in [2.05, 4.69) is 25.7 Å². The van der Waals surface area contributed by atoms with E-state index in [4.69, 9.17) is 0 Å². The van der Waals surface area contributed by atoms with Crippen molar-refractivity contribution in [3.8, 4) is 0 Å². The fraction of sp³-hybridized carbons (Fsp3) is 0.667. The Balaban J connectivity index is 2.04. The van der Waals surface area contributed by atoms with Crippen LogP contribution in [0.4, 0.5) is 0 Å². The van der Waals surface area contributed by atoms with Crippen LogP contribution in [0.1, 0.15) is 37.7 Å². The first kappa shape index (κ1) is 13.3. The van der Waals surface area contributed by atoms with Gasteiger partial charge in [0.25, 0.3) is 0 Å². The topological polar surface area (TPSA) is 25.2 Å². The van der Waals surface area contributed by atoms with Gasteiger partial charge in [-0.05, 0) is 37.3 Å². The van der Waals surface area contributed by atoms with Crippen molar-refractivity contribution in [1.82, 2.24) is 9.47 Å². The molecule has 1 fully saturated rings. The minimum atomic E-state index is 0.232. The van der Waals surface area contributed by atoms with Crippen molar-refractivity contribution in [2.75, 3.05) is 13.1 Å². The van der Waals surface area contributed by atoms with Crippen LogP contribution in [0, 0.1) is 11.8 Å². The molecule has 0 amide bonds. The molecule has 0 spiro atoms. The molecule has 1 saturated heterocycles. The van der Waals surface area contributed by atoms with Gasteiger partial charge in [0.05, 0.1) is 12.2 Å².